The van der Waals surface area contributed by atoms with E-state index in [0.29, 0.717) is 4.88 Å². The van der Waals surface area contributed by atoms with Crippen LogP contribution in [0, 0.1) is 0 Å². The molecule has 0 atom stereocenters. The average Bonchev–Trinajstić information content (AvgIpc) is 2.86. The Kier molecular flexibility index (Phi) is 4.26. The number of sulfonamides is 1. The van der Waals surface area contributed by atoms with Crippen molar-refractivity contribution in [3.63, 3.8) is 0 Å². The highest BCUT2D eigenvalue weighted by atomic mass is 32.2. The Bertz CT molecular complexity index is 739. The Morgan fingerprint density at radius 2 is 1.86 bits per heavy atom. The number of rotatable bonds is 4. The predicted molar refractivity (Wildman–Crippen MR) is 74.5 cm³/mol. The van der Waals surface area contributed by atoms with Gasteiger partial charge < -0.3 is 5.73 Å². The summed E-state index contributed by atoms with van der Waals surface area (Å²) in [5.41, 5.74) is 3.86. The topological polar surface area (TPSA) is 72.2 Å². The predicted octanol–water partition coefficient (Wildman–Crippen LogP) is 3.03. The van der Waals surface area contributed by atoms with Gasteiger partial charge in [0.1, 0.15) is 4.90 Å². The van der Waals surface area contributed by atoms with Crippen LogP contribution in [0.2, 0.25) is 0 Å². The molecule has 0 fully saturated rings. The summed E-state index contributed by atoms with van der Waals surface area (Å²) in [6.45, 7) is -0.00513. The number of nitrogens with two attached hydrogens (primary N) is 1. The van der Waals surface area contributed by atoms with Gasteiger partial charge in [-0.3, -0.25) is 4.72 Å². The maximum atomic E-state index is 12.9. The Labute approximate surface area is 123 Å². The largest absolute Gasteiger partial charge is 0.418 e. The molecule has 0 aliphatic rings. The van der Waals surface area contributed by atoms with Gasteiger partial charge in [-0.1, -0.05) is 12.1 Å². The van der Waals surface area contributed by atoms with Crippen molar-refractivity contribution in [2.75, 3.05) is 4.72 Å². The van der Waals surface area contributed by atoms with E-state index in [1.165, 1.54) is 23.6 Å². The third kappa shape index (κ3) is 3.36. The van der Waals surface area contributed by atoms with Gasteiger partial charge in [0, 0.05) is 11.4 Å². The van der Waals surface area contributed by atoms with Crippen LogP contribution in [0.1, 0.15) is 10.4 Å². The number of halogens is 3. The van der Waals surface area contributed by atoms with E-state index in [2.05, 4.69) is 0 Å². The summed E-state index contributed by atoms with van der Waals surface area (Å²) in [7, 11) is -4.12. The molecule has 3 N–H and O–H groups in total. The van der Waals surface area contributed by atoms with E-state index < -0.39 is 27.5 Å². The Morgan fingerprint density at radius 1 is 1.19 bits per heavy atom. The highest BCUT2D eigenvalue weighted by Crippen LogP contribution is 2.35. The van der Waals surface area contributed by atoms with E-state index in [9.17, 15) is 21.6 Å². The molecule has 0 saturated heterocycles. The van der Waals surface area contributed by atoms with Crippen LogP contribution < -0.4 is 10.5 Å². The molecule has 0 aliphatic heterocycles. The molecule has 0 unspecified atom stereocenters. The molecule has 2 rings (SSSR count). The molecule has 1 aromatic heterocycles. The smallest absolute Gasteiger partial charge is 0.326 e. The van der Waals surface area contributed by atoms with Crippen molar-refractivity contribution in [1.29, 1.82) is 0 Å². The molecular weight excluding hydrogens is 325 g/mol. The minimum absolute atomic E-state index is 0.00513. The first kappa shape index (κ1) is 15.8. The number of anilines is 1. The molecule has 21 heavy (non-hydrogen) atoms. The van der Waals surface area contributed by atoms with E-state index in [0.717, 1.165) is 23.5 Å². The van der Waals surface area contributed by atoms with Gasteiger partial charge in [0.25, 0.3) is 10.0 Å². The standard InChI is InChI=1S/C12H11F3N2O2S2/c13-12(14,15)8-3-1-2-4-9(8)17-21(18,19)11-5-6-20-10(11)7-16/h1-6,17H,7,16H2. The van der Waals surface area contributed by atoms with Gasteiger partial charge in [0.2, 0.25) is 0 Å². The second kappa shape index (κ2) is 5.66. The number of hydrogen-bond donors (Lipinski definition) is 2. The van der Waals surface area contributed by atoms with Crippen LogP contribution in [0.4, 0.5) is 18.9 Å². The molecule has 9 heteroatoms. The van der Waals surface area contributed by atoms with Crippen LogP contribution in [0.25, 0.3) is 0 Å². The van der Waals surface area contributed by atoms with Crippen LogP contribution in [0.5, 0.6) is 0 Å². The lowest BCUT2D eigenvalue weighted by Gasteiger charge is -2.14. The van der Waals surface area contributed by atoms with Crippen LogP contribution in [-0.4, -0.2) is 8.42 Å². The van der Waals surface area contributed by atoms with Gasteiger partial charge in [-0.05, 0) is 23.6 Å². The number of alkyl halides is 3. The van der Waals surface area contributed by atoms with Gasteiger partial charge >= 0.3 is 6.18 Å². The van der Waals surface area contributed by atoms with E-state index in [1.54, 1.807) is 0 Å². The van der Waals surface area contributed by atoms with Crippen LogP contribution >= 0.6 is 11.3 Å². The highest BCUT2D eigenvalue weighted by molar-refractivity contribution is 7.93. The molecule has 2 aromatic rings. The lowest BCUT2D eigenvalue weighted by molar-refractivity contribution is -0.136. The summed E-state index contributed by atoms with van der Waals surface area (Å²) in [4.78, 5) is 0.277. The fourth-order valence-corrected chi connectivity index (χ4v) is 4.15. The third-order valence-electron chi connectivity index (χ3n) is 2.66. The third-order valence-corrected chi connectivity index (χ3v) is 5.18. The van der Waals surface area contributed by atoms with E-state index >= 15 is 0 Å². The van der Waals surface area contributed by atoms with E-state index in [1.807, 2.05) is 4.72 Å². The molecule has 0 spiro atoms. The summed E-state index contributed by atoms with van der Waals surface area (Å²) >= 11 is 1.13. The number of para-hydroxylation sites is 1. The monoisotopic (exact) mass is 336 g/mol. The maximum absolute atomic E-state index is 12.9. The number of nitrogens with one attached hydrogen (secondary N) is 1. The lowest BCUT2D eigenvalue weighted by atomic mass is 10.2. The molecule has 114 valence electrons. The van der Waals surface area contributed by atoms with E-state index in [4.69, 9.17) is 5.73 Å². The minimum Gasteiger partial charge on any atom is -0.326 e. The number of benzene rings is 1. The van der Waals surface area contributed by atoms with Gasteiger partial charge in [-0.15, -0.1) is 11.3 Å². The Hall–Kier alpha value is -1.58. The fourth-order valence-electron chi connectivity index (χ4n) is 1.74. The zero-order valence-electron chi connectivity index (χ0n) is 10.5. The molecule has 1 heterocycles. The van der Waals surface area contributed by atoms with Gasteiger partial charge in [0.15, 0.2) is 0 Å². The van der Waals surface area contributed by atoms with Crippen molar-refractivity contribution in [2.45, 2.75) is 17.6 Å². The summed E-state index contributed by atoms with van der Waals surface area (Å²) in [6.07, 6.45) is -4.65. The first-order valence-corrected chi connectivity index (χ1v) is 8.07. The summed E-state index contributed by atoms with van der Waals surface area (Å²) in [5, 5.41) is 1.52. The number of thiophene rings is 1. The fraction of sp³-hybridized carbons (Fsp3) is 0.167. The van der Waals surface area contributed by atoms with Crippen LogP contribution in [-0.2, 0) is 22.7 Å². The molecule has 0 bridgehead atoms. The van der Waals surface area contributed by atoms with Gasteiger partial charge in [0.05, 0.1) is 11.3 Å². The Balaban J connectivity index is 2.43. The van der Waals surface area contributed by atoms with Crippen LogP contribution in [0.3, 0.4) is 0 Å². The molecule has 0 amide bonds. The number of hydrogen-bond acceptors (Lipinski definition) is 4. The van der Waals surface area contributed by atoms with Crippen LogP contribution in [0.15, 0.2) is 40.6 Å². The molecule has 0 radical (unpaired) electrons. The van der Waals surface area contributed by atoms with Crippen molar-refractivity contribution in [3.8, 4) is 0 Å². The minimum atomic E-state index is -4.65. The molecule has 0 aliphatic carbocycles. The van der Waals surface area contributed by atoms with Gasteiger partial charge in [-0.25, -0.2) is 8.42 Å². The summed E-state index contributed by atoms with van der Waals surface area (Å²) in [5.74, 6) is 0. The lowest BCUT2D eigenvalue weighted by Crippen LogP contribution is -2.18. The van der Waals surface area contributed by atoms with Crippen molar-refractivity contribution in [1.82, 2.24) is 0 Å². The molecule has 0 saturated carbocycles. The first-order chi connectivity index (χ1) is 9.75. The second-order valence-electron chi connectivity index (χ2n) is 4.06. The van der Waals surface area contributed by atoms with Crippen molar-refractivity contribution >= 4 is 27.0 Å². The average molecular weight is 336 g/mol. The maximum Gasteiger partial charge on any atom is 0.418 e. The van der Waals surface area contributed by atoms with Crippen molar-refractivity contribution in [2.24, 2.45) is 5.73 Å². The van der Waals surface area contributed by atoms with Crippen molar-refractivity contribution in [3.05, 3.63) is 46.2 Å². The normalized spacial score (nSPS) is 12.4. The zero-order chi connectivity index (χ0) is 15.7. The van der Waals surface area contributed by atoms with Gasteiger partial charge in [-0.2, -0.15) is 13.2 Å². The highest BCUT2D eigenvalue weighted by Gasteiger charge is 2.34. The van der Waals surface area contributed by atoms with Crippen molar-refractivity contribution < 1.29 is 21.6 Å². The quantitative estimate of drug-likeness (QED) is 0.901. The molecule has 1 aromatic carbocycles. The molecule has 4 nitrogen and oxygen atoms in total. The molecular formula is C12H11F3N2O2S2. The zero-order valence-corrected chi connectivity index (χ0v) is 12.1. The summed E-state index contributed by atoms with van der Waals surface area (Å²) in [6, 6.07) is 5.71. The Morgan fingerprint density at radius 3 is 2.48 bits per heavy atom. The SMILES string of the molecule is NCc1sccc1S(=O)(=O)Nc1ccccc1C(F)(F)F. The first-order valence-electron chi connectivity index (χ1n) is 5.71. The van der Waals surface area contributed by atoms with E-state index in [-0.39, 0.29) is 11.4 Å². The second-order valence-corrected chi connectivity index (χ2v) is 6.71. The summed E-state index contributed by atoms with van der Waals surface area (Å²) < 4.78 is 64.9.